The van der Waals surface area contributed by atoms with Gasteiger partial charge in [-0.15, -0.1) is 0 Å². The van der Waals surface area contributed by atoms with Gasteiger partial charge in [-0.05, 0) is 54.9 Å². The molecule has 7 nitrogen and oxygen atoms in total. The summed E-state index contributed by atoms with van der Waals surface area (Å²) in [5.41, 5.74) is -0.723. The van der Waals surface area contributed by atoms with Crippen LogP contribution in [0.2, 0.25) is 0 Å². The van der Waals surface area contributed by atoms with Gasteiger partial charge in [-0.2, -0.15) is 0 Å². The Labute approximate surface area is 169 Å². The standard InChI is InChI=1S/C21H38N2O5/c1-9-10-17(23-20(3,4)5)18(26)19(27)22-12-16(25)11-15(14(2)24)13-28-21(6,7)8/h15,17,23H,9-13H2,1-8H3,(H,22,27). The lowest BCUT2D eigenvalue weighted by Crippen LogP contribution is -2.52. The van der Waals surface area contributed by atoms with E-state index in [-0.39, 0.29) is 36.7 Å². The second-order valence-electron chi connectivity index (χ2n) is 9.26. The molecule has 162 valence electrons. The van der Waals surface area contributed by atoms with Crippen molar-refractivity contribution in [3.05, 3.63) is 0 Å². The Bertz CT molecular complexity index is 558. The van der Waals surface area contributed by atoms with Crippen molar-refractivity contribution in [3.8, 4) is 0 Å². The van der Waals surface area contributed by atoms with Crippen LogP contribution in [0, 0.1) is 5.92 Å². The van der Waals surface area contributed by atoms with Crippen LogP contribution in [0.15, 0.2) is 0 Å². The summed E-state index contributed by atoms with van der Waals surface area (Å²) in [5, 5.41) is 5.54. The fraction of sp³-hybridized carbons (Fsp3) is 0.810. The van der Waals surface area contributed by atoms with Crippen LogP contribution >= 0.6 is 0 Å². The topological polar surface area (TPSA) is 102 Å². The lowest BCUT2D eigenvalue weighted by Gasteiger charge is -2.27. The van der Waals surface area contributed by atoms with Crippen molar-refractivity contribution < 1.29 is 23.9 Å². The summed E-state index contributed by atoms with van der Waals surface area (Å²) in [6.45, 7) is 14.6. The molecule has 0 aliphatic carbocycles. The van der Waals surface area contributed by atoms with Gasteiger partial charge in [0.2, 0.25) is 5.78 Å². The second-order valence-corrected chi connectivity index (χ2v) is 9.26. The molecule has 2 N–H and O–H groups in total. The van der Waals surface area contributed by atoms with Crippen molar-refractivity contribution in [3.63, 3.8) is 0 Å². The highest BCUT2D eigenvalue weighted by Crippen LogP contribution is 2.13. The number of carbonyl (C=O) groups is 4. The molecule has 0 bridgehead atoms. The summed E-state index contributed by atoms with van der Waals surface area (Å²) in [4.78, 5) is 48.5. The first-order valence-corrected chi connectivity index (χ1v) is 9.92. The van der Waals surface area contributed by atoms with Gasteiger partial charge in [0.1, 0.15) is 5.78 Å². The van der Waals surface area contributed by atoms with Gasteiger partial charge in [0, 0.05) is 17.9 Å². The van der Waals surface area contributed by atoms with Crippen molar-refractivity contribution in [2.24, 2.45) is 5.92 Å². The molecule has 2 atom stereocenters. The predicted molar refractivity (Wildman–Crippen MR) is 109 cm³/mol. The molecule has 0 aromatic rings. The summed E-state index contributed by atoms with van der Waals surface area (Å²) in [6.07, 6.45) is 1.26. The smallest absolute Gasteiger partial charge is 0.289 e. The van der Waals surface area contributed by atoms with Gasteiger partial charge in [-0.1, -0.05) is 13.3 Å². The van der Waals surface area contributed by atoms with Gasteiger partial charge < -0.3 is 15.4 Å². The van der Waals surface area contributed by atoms with E-state index in [0.717, 1.165) is 6.42 Å². The van der Waals surface area contributed by atoms with Crippen LogP contribution < -0.4 is 10.6 Å². The Balaban J connectivity index is 4.70. The maximum Gasteiger partial charge on any atom is 0.289 e. The van der Waals surface area contributed by atoms with E-state index < -0.39 is 29.3 Å². The summed E-state index contributed by atoms with van der Waals surface area (Å²) in [6, 6.07) is -0.592. The van der Waals surface area contributed by atoms with Crippen molar-refractivity contribution in [2.75, 3.05) is 13.2 Å². The molecule has 7 heteroatoms. The van der Waals surface area contributed by atoms with E-state index in [4.69, 9.17) is 4.74 Å². The van der Waals surface area contributed by atoms with E-state index in [1.165, 1.54) is 6.92 Å². The second kappa shape index (κ2) is 11.4. The third-order valence-electron chi connectivity index (χ3n) is 3.94. The highest BCUT2D eigenvalue weighted by Gasteiger charge is 2.28. The third-order valence-corrected chi connectivity index (χ3v) is 3.94. The van der Waals surface area contributed by atoms with E-state index in [1.54, 1.807) is 0 Å². The lowest BCUT2D eigenvalue weighted by atomic mass is 9.98. The summed E-state index contributed by atoms with van der Waals surface area (Å²) in [5.74, 6) is -2.38. The average molecular weight is 399 g/mol. The first-order valence-electron chi connectivity index (χ1n) is 9.92. The molecule has 0 aliphatic heterocycles. The number of rotatable bonds is 12. The predicted octanol–water partition coefficient (Wildman–Crippen LogP) is 2.21. The summed E-state index contributed by atoms with van der Waals surface area (Å²) < 4.78 is 5.60. The molecule has 0 saturated carbocycles. The highest BCUT2D eigenvalue weighted by molar-refractivity contribution is 6.38. The fourth-order valence-electron chi connectivity index (χ4n) is 2.52. The fourth-order valence-corrected chi connectivity index (χ4v) is 2.52. The maximum atomic E-state index is 12.4. The number of amides is 1. The van der Waals surface area contributed by atoms with Gasteiger partial charge in [-0.25, -0.2) is 0 Å². The van der Waals surface area contributed by atoms with Gasteiger partial charge in [-0.3, -0.25) is 19.2 Å². The monoisotopic (exact) mass is 398 g/mol. The molecule has 0 aromatic carbocycles. The van der Waals surface area contributed by atoms with Gasteiger partial charge in [0.05, 0.1) is 24.8 Å². The SMILES string of the molecule is CCCC(NC(C)(C)C)C(=O)C(=O)NCC(=O)CC(COC(C)(C)C)C(C)=O. The Hall–Kier alpha value is -1.60. The molecule has 1 amide bonds. The molecule has 2 unspecified atom stereocenters. The lowest BCUT2D eigenvalue weighted by molar-refractivity contribution is -0.140. The van der Waals surface area contributed by atoms with E-state index in [2.05, 4.69) is 10.6 Å². The minimum absolute atomic E-state index is 0.0293. The zero-order valence-corrected chi connectivity index (χ0v) is 18.7. The zero-order chi connectivity index (χ0) is 22.1. The zero-order valence-electron chi connectivity index (χ0n) is 18.7. The van der Waals surface area contributed by atoms with Crippen molar-refractivity contribution in [2.45, 2.75) is 91.8 Å². The minimum Gasteiger partial charge on any atom is -0.375 e. The highest BCUT2D eigenvalue weighted by atomic mass is 16.5. The Morgan fingerprint density at radius 2 is 1.57 bits per heavy atom. The maximum absolute atomic E-state index is 12.4. The Morgan fingerprint density at radius 3 is 2.00 bits per heavy atom. The molecular formula is C21H38N2O5. The van der Waals surface area contributed by atoms with Crippen LogP contribution in [0.4, 0.5) is 0 Å². The van der Waals surface area contributed by atoms with Crippen LogP contribution in [0.1, 0.15) is 74.7 Å². The number of ether oxygens (including phenoxy) is 1. The summed E-state index contributed by atoms with van der Waals surface area (Å²) in [7, 11) is 0. The number of hydrogen-bond donors (Lipinski definition) is 2. The van der Waals surface area contributed by atoms with Crippen LogP contribution in [0.3, 0.4) is 0 Å². The van der Waals surface area contributed by atoms with Crippen molar-refractivity contribution >= 4 is 23.3 Å². The Morgan fingerprint density at radius 1 is 1.00 bits per heavy atom. The van der Waals surface area contributed by atoms with Gasteiger partial charge in [0.25, 0.3) is 5.91 Å². The van der Waals surface area contributed by atoms with Crippen LogP contribution in [-0.2, 0) is 23.9 Å². The number of Topliss-reactive ketones (excluding diaryl/α,β-unsaturated/α-hetero) is 3. The van der Waals surface area contributed by atoms with E-state index in [9.17, 15) is 19.2 Å². The van der Waals surface area contributed by atoms with Crippen molar-refractivity contribution in [1.29, 1.82) is 0 Å². The minimum atomic E-state index is -0.783. The molecular weight excluding hydrogens is 360 g/mol. The van der Waals surface area contributed by atoms with Crippen molar-refractivity contribution in [1.82, 2.24) is 10.6 Å². The quantitative estimate of drug-likeness (QED) is 0.489. The van der Waals surface area contributed by atoms with E-state index in [0.29, 0.717) is 6.42 Å². The molecule has 0 heterocycles. The molecule has 0 aromatic heterocycles. The van der Waals surface area contributed by atoms with Crippen LogP contribution in [-0.4, -0.2) is 53.6 Å². The number of hydrogen-bond acceptors (Lipinski definition) is 6. The molecule has 0 radical (unpaired) electrons. The summed E-state index contributed by atoms with van der Waals surface area (Å²) >= 11 is 0. The number of carbonyl (C=O) groups excluding carboxylic acids is 4. The first-order chi connectivity index (χ1) is 12.7. The first kappa shape index (κ1) is 26.4. The van der Waals surface area contributed by atoms with Gasteiger partial charge in [0.15, 0.2) is 5.78 Å². The van der Waals surface area contributed by atoms with Crippen LogP contribution in [0.25, 0.3) is 0 Å². The van der Waals surface area contributed by atoms with Gasteiger partial charge >= 0.3 is 0 Å². The number of nitrogens with one attached hydrogen (secondary N) is 2. The average Bonchev–Trinajstić information content (AvgIpc) is 2.52. The molecule has 0 fully saturated rings. The van der Waals surface area contributed by atoms with E-state index >= 15 is 0 Å². The molecule has 28 heavy (non-hydrogen) atoms. The van der Waals surface area contributed by atoms with Crippen LogP contribution in [0.5, 0.6) is 0 Å². The molecule has 0 rings (SSSR count). The third kappa shape index (κ3) is 12.0. The number of ketones is 3. The molecule has 0 saturated heterocycles. The largest absolute Gasteiger partial charge is 0.375 e. The Kier molecular flexibility index (Phi) is 10.8. The van der Waals surface area contributed by atoms with E-state index in [1.807, 2.05) is 48.5 Å². The normalized spacial score (nSPS) is 14.3. The molecule has 0 spiro atoms. The molecule has 0 aliphatic rings.